The predicted molar refractivity (Wildman–Crippen MR) is 114 cm³/mol. The third-order valence-electron chi connectivity index (χ3n) is 5.42. The van der Waals surface area contributed by atoms with E-state index in [4.69, 9.17) is 9.47 Å². The lowest BCUT2D eigenvalue weighted by Gasteiger charge is -2.21. The van der Waals surface area contributed by atoms with Crippen LogP contribution in [0, 0.1) is 0 Å². The average molecular weight is 407 g/mol. The fourth-order valence-electron chi connectivity index (χ4n) is 3.83. The Labute approximate surface area is 175 Å². The van der Waals surface area contributed by atoms with E-state index >= 15 is 0 Å². The van der Waals surface area contributed by atoms with E-state index in [1.807, 2.05) is 24.3 Å². The molecule has 0 bridgehead atoms. The Kier molecular flexibility index (Phi) is 5.00. The Hall–Kier alpha value is -2.96. The molecule has 2 aromatic carbocycles. The largest absolute Gasteiger partial charge is 0.480 e. The zero-order valence-electron chi connectivity index (χ0n) is 17.3. The van der Waals surface area contributed by atoms with Crippen molar-refractivity contribution in [2.24, 2.45) is 0 Å². The molecular formula is C24H25NO5. The van der Waals surface area contributed by atoms with E-state index in [0.29, 0.717) is 11.3 Å². The van der Waals surface area contributed by atoms with Gasteiger partial charge >= 0.3 is 5.97 Å². The highest BCUT2D eigenvalue weighted by atomic mass is 16.7. The van der Waals surface area contributed by atoms with Gasteiger partial charge in [-0.3, -0.25) is 14.5 Å². The van der Waals surface area contributed by atoms with Crippen LogP contribution in [0.3, 0.4) is 0 Å². The first kappa shape index (κ1) is 20.3. The van der Waals surface area contributed by atoms with Crippen molar-refractivity contribution < 1.29 is 24.2 Å². The van der Waals surface area contributed by atoms with Crippen LogP contribution >= 0.6 is 0 Å². The lowest BCUT2D eigenvalue weighted by Crippen LogP contribution is -2.43. The van der Waals surface area contributed by atoms with Crippen molar-refractivity contribution in [1.82, 2.24) is 0 Å². The number of aliphatic carboxylic acids is 1. The highest BCUT2D eigenvalue weighted by molar-refractivity contribution is 6.08. The van der Waals surface area contributed by atoms with Crippen LogP contribution in [0.25, 0.3) is 12.2 Å². The van der Waals surface area contributed by atoms with E-state index in [1.54, 1.807) is 6.07 Å². The average Bonchev–Trinajstić information content (AvgIpc) is 3.27. The van der Waals surface area contributed by atoms with Gasteiger partial charge in [-0.2, -0.15) is 0 Å². The molecule has 0 unspecified atom stereocenters. The highest BCUT2D eigenvalue weighted by Crippen LogP contribution is 2.46. The second-order valence-electron chi connectivity index (χ2n) is 8.58. The summed E-state index contributed by atoms with van der Waals surface area (Å²) in [7, 11) is 0. The van der Waals surface area contributed by atoms with Crippen LogP contribution in [0.5, 0.6) is 0 Å². The molecule has 156 valence electrons. The number of hydrogen-bond acceptors (Lipinski definition) is 4. The van der Waals surface area contributed by atoms with Gasteiger partial charge in [-0.1, -0.05) is 63.3 Å². The first-order valence-corrected chi connectivity index (χ1v) is 9.95. The molecule has 1 amide bonds. The molecule has 2 aliphatic rings. The van der Waals surface area contributed by atoms with Crippen molar-refractivity contribution in [1.29, 1.82) is 0 Å². The van der Waals surface area contributed by atoms with Crippen molar-refractivity contribution in [2.45, 2.75) is 32.0 Å². The molecule has 6 heteroatoms. The Morgan fingerprint density at radius 3 is 2.27 bits per heavy atom. The smallest absolute Gasteiger partial charge is 0.323 e. The van der Waals surface area contributed by atoms with Gasteiger partial charge in [-0.15, -0.1) is 0 Å². The van der Waals surface area contributed by atoms with Crippen LogP contribution in [-0.2, 0) is 30.3 Å². The number of carbonyl (C=O) groups is 2. The van der Waals surface area contributed by atoms with Gasteiger partial charge in [-0.25, -0.2) is 0 Å². The molecule has 0 saturated carbocycles. The second kappa shape index (κ2) is 7.38. The number of ether oxygens (including phenoxy) is 2. The van der Waals surface area contributed by atoms with Crippen molar-refractivity contribution in [2.75, 3.05) is 24.7 Å². The summed E-state index contributed by atoms with van der Waals surface area (Å²) in [6, 6.07) is 13.8. The molecule has 2 heterocycles. The minimum absolute atomic E-state index is 0.103. The summed E-state index contributed by atoms with van der Waals surface area (Å²) in [4.78, 5) is 25.4. The Balaban J connectivity index is 1.65. The number of anilines is 1. The molecule has 0 aromatic heterocycles. The van der Waals surface area contributed by atoms with Crippen LogP contribution < -0.4 is 4.90 Å². The third-order valence-corrected chi connectivity index (χ3v) is 5.42. The minimum Gasteiger partial charge on any atom is -0.480 e. The molecule has 30 heavy (non-hydrogen) atoms. The van der Waals surface area contributed by atoms with Gasteiger partial charge in [0.2, 0.25) is 0 Å². The number of carboxylic acids is 1. The summed E-state index contributed by atoms with van der Waals surface area (Å²) in [5.74, 6) is -3.12. The summed E-state index contributed by atoms with van der Waals surface area (Å²) in [5, 5.41) is 9.20. The molecule has 1 saturated heterocycles. The predicted octanol–water partition coefficient (Wildman–Crippen LogP) is 3.79. The zero-order valence-corrected chi connectivity index (χ0v) is 17.3. The number of carbonyl (C=O) groups excluding carboxylic acids is 1. The minimum atomic E-state index is -1.54. The van der Waals surface area contributed by atoms with Crippen LogP contribution in [0.15, 0.2) is 42.5 Å². The number of fused-ring (bicyclic) bond motifs is 2. The van der Waals surface area contributed by atoms with Gasteiger partial charge < -0.3 is 14.6 Å². The lowest BCUT2D eigenvalue weighted by molar-refractivity contribution is -0.181. The van der Waals surface area contributed by atoms with Crippen LogP contribution in [-0.4, -0.2) is 36.7 Å². The molecule has 0 atom stereocenters. The first-order valence-electron chi connectivity index (χ1n) is 9.95. The number of amides is 1. The molecule has 0 aliphatic carbocycles. The zero-order chi connectivity index (χ0) is 21.5. The number of benzene rings is 2. The SMILES string of the molecule is CC(C)(C)c1ccc(/C=C/c2ccc3c(c2)C2(OCCO2)C(=O)N3CC(=O)O)cc1. The van der Waals surface area contributed by atoms with Gasteiger partial charge in [0.1, 0.15) is 6.54 Å². The summed E-state index contributed by atoms with van der Waals surface area (Å²) in [6.07, 6.45) is 3.96. The van der Waals surface area contributed by atoms with Crippen LogP contribution in [0.1, 0.15) is 43.0 Å². The van der Waals surface area contributed by atoms with Crippen LogP contribution in [0.2, 0.25) is 0 Å². The molecule has 1 N–H and O–H groups in total. The van der Waals surface area contributed by atoms with Crippen molar-refractivity contribution in [3.63, 3.8) is 0 Å². The Morgan fingerprint density at radius 1 is 1.07 bits per heavy atom. The van der Waals surface area contributed by atoms with Crippen molar-refractivity contribution >= 4 is 29.7 Å². The Bertz CT molecular complexity index is 1010. The quantitative estimate of drug-likeness (QED) is 0.781. The monoisotopic (exact) mass is 407 g/mol. The van der Waals surface area contributed by atoms with E-state index in [-0.39, 0.29) is 18.6 Å². The van der Waals surface area contributed by atoms with E-state index < -0.39 is 24.2 Å². The van der Waals surface area contributed by atoms with Gasteiger partial charge in [0.05, 0.1) is 18.9 Å². The normalized spacial score (nSPS) is 17.8. The second-order valence-corrected chi connectivity index (χ2v) is 8.58. The topological polar surface area (TPSA) is 76.1 Å². The maximum atomic E-state index is 12.9. The molecule has 2 aromatic rings. The molecular weight excluding hydrogens is 382 g/mol. The standard InChI is InChI=1S/C24H25NO5/c1-23(2,3)18-9-6-16(7-10-18)4-5-17-8-11-20-19(14-17)24(29-12-13-30-24)22(28)25(20)15-21(26)27/h4-11,14H,12-13,15H2,1-3H3,(H,26,27)/b5-4+. The Morgan fingerprint density at radius 2 is 1.67 bits per heavy atom. The van der Waals surface area contributed by atoms with Gasteiger partial charge in [-0.05, 0) is 34.2 Å². The van der Waals surface area contributed by atoms with E-state index in [1.165, 1.54) is 10.5 Å². The molecule has 0 radical (unpaired) electrons. The van der Waals surface area contributed by atoms with Crippen molar-refractivity contribution in [3.8, 4) is 0 Å². The molecule has 1 spiro atoms. The van der Waals surface area contributed by atoms with Crippen LogP contribution in [0.4, 0.5) is 5.69 Å². The fourth-order valence-corrected chi connectivity index (χ4v) is 3.83. The molecule has 2 aliphatic heterocycles. The maximum absolute atomic E-state index is 12.9. The summed E-state index contributed by atoms with van der Waals surface area (Å²) in [6.45, 7) is 6.68. The lowest BCUT2D eigenvalue weighted by atomic mass is 9.87. The first-order chi connectivity index (χ1) is 14.2. The highest BCUT2D eigenvalue weighted by Gasteiger charge is 2.56. The van der Waals surface area contributed by atoms with Crippen molar-refractivity contribution in [3.05, 3.63) is 64.7 Å². The van der Waals surface area contributed by atoms with Gasteiger partial charge in [0.25, 0.3) is 11.7 Å². The number of rotatable bonds is 4. The summed E-state index contributed by atoms with van der Waals surface area (Å²) < 4.78 is 11.4. The van der Waals surface area contributed by atoms with E-state index in [2.05, 4.69) is 45.0 Å². The van der Waals surface area contributed by atoms with Gasteiger partial charge in [0.15, 0.2) is 0 Å². The number of carboxylic acid groups (broad SMARTS) is 1. The number of hydrogen-bond donors (Lipinski definition) is 1. The molecule has 4 rings (SSSR count). The van der Waals surface area contributed by atoms with E-state index in [0.717, 1.165) is 11.1 Å². The summed E-state index contributed by atoms with van der Waals surface area (Å²) >= 11 is 0. The number of nitrogens with zero attached hydrogens (tertiary/aromatic N) is 1. The summed E-state index contributed by atoms with van der Waals surface area (Å²) in [5.41, 5.74) is 4.37. The molecule has 6 nitrogen and oxygen atoms in total. The third kappa shape index (κ3) is 3.53. The van der Waals surface area contributed by atoms with E-state index in [9.17, 15) is 14.7 Å². The van der Waals surface area contributed by atoms with Gasteiger partial charge in [0, 0.05) is 5.56 Å². The maximum Gasteiger partial charge on any atom is 0.323 e. The molecule has 1 fully saturated rings. The fraction of sp³-hybridized carbons (Fsp3) is 0.333.